The Kier molecular flexibility index (Phi) is 11.9. The molecule has 0 atom stereocenters. The van der Waals surface area contributed by atoms with Crippen LogP contribution in [0.1, 0.15) is 16.7 Å². The van der Waals surface area contributed by atoms with Gasteiger partial charge in [-0.25, -0.2) is 34.4 Å². The summed E-state index contributed by atoms with van der Waals surface area (Å²) in [6.45, 7) is 1.79. The minimum atomic E-state index is -7.47. The fraction of sp³-hybridized carbons (Fsp3) is 0.122. The predicted molar refractivity (Wildman–Crippen MR) is 192 cm³/mol. The van der Waals surface area contributed by atoms with Crippen molar-refractivity contribution in [3.63, 3.8) is 0 Å². The van der Waals surface area contributed by atoms with Gasteiger partial charge in [0.15, 0.2) is 29.0 Å². The number of sulfone groups is 2. The van der Waals surface area contributed by atoms with E-state index in [1.807, 2.05) is 0 Å². The van der Waals surface area contributed by atoms with Crippen molar-refractivity contribution < 1.29 is 87.8 Å². The Hall–Kier alpha value is -6.16. The molecule has 0 aromatic heterocycles. The smallest absolute Gasteiger partial charge is 0.411 e. The minimum Gasteiger partial charge on any atom is -0.491 e. The van der Waals surface area contributed by atoms with Gasteiger partial charge in [0, 0.05) is 0 Å². The van der Waals surface area contributed by atoms with Gasteiger partial charge in [-0.15, -0.1) is 0 Å². The summed E-state index contributed by atoms with van der Waals surface area (Å²) < 4.78 is 270. The highest BCUT2D eigenvalue weighted by atomic mass is 32.2. The molecule has 0 unspecified atom stereocenters. The van der Waals surface area contributed by atoms with Crippen LogP contribution < -0.4 is 9.47 Å². The van der Waals surface area contributed by atoms with Crippen molar-refractivity contribution in [3.05, 3.63) is 160 Å². The third kappa shape index (κ3) is 7.61. The molecule has 0 aliphatic heterocycles. The van der Waals surface area contributed by atoms with Gasteiger partial charge in [0.25, 0.3) is 0 Å². The highest BCUT2D eigenvalue weighted by Gasteiger charge is 2.77. The number of halogens is 14. The van der Waals surface area contributed by atoms with E-state index in [1.54, 1.807) is 19.1 Å². The Balaban J connectivity index is 1.32. The van der Waals surface area contributed by atoms with Gasteiger partial charge in [-0.3, -0.25) is 0 Å². The van der Waals surface area contributed by atoms with E-state index in [4.69, 9.17) is 0 Å². The number of ether oxygens (including phenoxy) is 2. The van der Waals surface area contributed by atoms with Crippen molar-refractivity contribution >= 4 is 19.7 Å². The first kappa shape index (κ1) is 46.3. The Bertz CT molecular complexity index is 2900. The second-order valence-electron chi connectivity index (χ2n) is 13.3. The van der Waals surface area contributed by atoms with E-state index in [0.29, 0.717) is 35.4 Å². The molecular formula is C41H22F14O6S2. The summed E-state index contributed by atoms with van der Waals surface area (Å²) in [5.74, 6) is -32.3. The largest absolute Gasteiger partial charge is 0.491 e. The fourth-order valence-corrected chi connectivity index (χ4v) is 8.97. The summed E-state index contributed by atoms with van der Waals surface area (Å²) >= 11 is 0. The molecule has 332 valence electrons. The molecule has 6 rings (SSSR count). The zero-order valence-electron chi connectivity index (χ0n) is 31.3. The van der Waals surface area contributed by atoms with Crippen molar-refractivity contribution in [1.82, 2.24) is 0 Å². The molecule has 22 heteroatoms. The second kappa shape index (κ2) is 16.2. The Morgan fingerprint density at radius 3 is 1.00 bits per heavy atom. The van der Waals surface area contributed by atoms with Crippen LogP contribution in [0.15, 0.2) is 117 Å². The quantitative estimate of drug-likeness (QED) is 0.100. The molecular weight excluding hydrogens is 919 g/mol. The number of hydrogen-bond acceptors (Lipinski definition) is 6. The lowest BCUT2D eigenvalue weighted by Gasteiger charge is -2.39. The monoisotopic (exact) mass is 940 g/mol. The van der Waals surface area contributed by atoms with Gasteiger partial charge in [-0.1, -0.05) is 42.0 Å². The molecule has 0 fully saturated rings. The van der Waals surface area contributed by atoms with Gasteiger partial charge >= 0.3 is 12.4 Å². The van der Waals surface area contributed by atoms with Crippen LogP contribution >= 0.6 is 0 Å². The zero-order valence-corrected chi connectivity index (χ0v) is 32.9. The topological polar surface area (TPSA) is 86.7 Å². The van der Waals surface area contributed by atoms with Gasteiger partial charge < -0.3 is 9.47 Å². The van der Waals surface area contributed by atoms with Crippen molar-refractivity contribution in [2.24, 2.45) is 0 Å². The molecule has 0 radical (unpaired) electrons. The average Bonchev–Trinajstić information content (AvgIpc) is 3.23. The first-order valence-corrected chi connectivity index (χ1v) is 20.2. The number of benzene rings is 6. The van der Waals surface area contributed by atoms with Crippen LogP contribution in [0.5, 0.6) is 17.2 Å². The maximum absolute atomic E-state index is 15.5. The zero-order chi connectivity index (χ0) is 46.8. The van der Waals surface area contributed by atoms with Gasteiger partial charge in [0.05, 0.1) is 37.8 Å². The molecule has 0 aliphatic rings. The SMILES string of the molecule is COc1c(F)c(F)c(C(c2c(F)c(F)c(Oc3ccc(S(=O)(=O)c4ccc(-c5ccc(S(=O)(=O)c6ccc(C)cc6)cc5)cc4)cc3)c(F)c2F)(C(F)(F)F)C(F)(F)F)c(F)c1F. The van der Waals surface area contributed by atoms with Crippen LogP contribution in [-0.4, -0.2) is 36.3 Å². The number of methoxy groups -OCH3 is 1. The van der Waals surface area contributed by atoms with Crippen LogP contribution in [0.25, 0.3) is 11.1 Å². The molecule has 6 nitrogen and oxygen atoms in total. The molecule has 0 bridgehead atoms. The molecule has 6 aromatic carbocycles. The third-order valence-electron chi connectivity index (χ3n) is 9.60. The fourth-order valence-electron chi connectivity index (χ4n) is 6.45. The lowest BCUT2D eigenvalue weighted by molar-refractivity contribution is -0.291. The molecule has 0 heterocycles. The van der Waals surface area contributed by atoms with Crippen LogP contribution in [0.2, 0.25) is 0 Å². The van der Waals surface area contributed by atoms with Gasteiger partial charge in [-0.2, -0.15) is 43.9 Å². The first-order valence-electron chi connectivity index (χ1n) is 17.2. The molecule has 0 saturated carbocycles. The Morgan fingerprint density at radius 1 is 0.413 bits per heavy atom. The summed E-state index contributed by atoms with van der Waals surface area (Å²) in [4.78, 5) is -0.866. The molecule has 0 aliphatic carbocycles. The second-order valence-corrected chi connectivity index (χ2v) is 17.2. The summed E-state index contributed by atoms with van der Waals surface area (Å²) in [5.41, 5.74) is -12.7. The Labute approximate surface area is 346 Å². The lowest BCUT2D eigenvalue weighted by Crippen LogP contribution is -2.57. The van der Waals surface area contributed by atoms with Gasteiger partial charge in [-0.05, 0) is 78.7 Å². The molecule has 63 heavy (non-hydrogen) atoms. The number of aryl methyl sites for hydroxylation is 1. The number of hydrogen-bond donors (Lipinski definition) is 0. The highest BCUT2D eigenvalue weighted by Crippen LogP contribution is 2.60. The first-order chi connectivity index (χ1) is 29.2. The predicted octanol–water partition coefficient (Wildman–Crippen LogP) is 11.7. The molecule has 0 spiro atoms. The van der Waals surface area contributed by atoms with E-state index >= 15 is 17.6 Å². The minimum absolute atomic E-state index is 0.0156. The maximum Gasteiger partial charge on any atom is 0.411 e. The van der Waals surface area contributed by atoms with E-state index in [-0.39, 0.29) is 21.8 Å². The van der Waals surface area contributed by atoms with Crippen molar-refractivity contribution in [3.8, 4) is 28.4 Å². The van der Waals surface area contributed by atoms with Crippen LogP contribution in [-0.2, 0) is 25.1 Å². The van der Waals surface area contributed by atoms with E-state index < -0.39 is 117 Å². The number of rotatable bonds is 10. The third-order valence-corrected chi connectivity index (χ3v) is 13.2. The molecule has 6 aromatic rings. The van der Waals surface area contributed by atoms with Crippen molar-refractivity contribution in [2.75, 3.05) is 7.11 Å². The van der Waals surface area contributed by atoms with E-state index in [1.165, 1.54) is 48.5 Å². The normalized spacial score (nSPS) is 12.7. The average molecular weight is 941 g/mol. The Morgan fingerprint density at radius 2 is 0.698 bits per heavy atom. The standard InChI is InChI=1S/C41H22F14O6S2/c1-19-3-11-23(12-4-19)62(56,57)24-13-5-20(6-14-24)21-7-15-25(16-8-21)63(58,59)26-17-9-22(10-18-26)61-38-35(48)31(44)28(32(45)36(38)49)39(40(50,51)52,41(53,54)55)27-29(42)33(46)37(60-2)34(47)30(27)43/h3-18H,1-2H3. The summed E-state index contributed by atoms with van der Waals surface area (Å²) in [5, 5.41) is 0. The van der Waals surface area contributed by atoms with E-state index in [2.05, 4.69) is 9.47 Å². The van der Waals surface area contributed by atoms with E-state index in [9.17, 15) is 60.7 Å². The summed E-state index contributed by atoms with van der Waals surface area (Å²) in [6, 6.07) is 19.5. The maximum atomic E-state index is 15.5. The van der Waals surface area contributed by atoms with Crippen LogP contribution in [0, 0.1) is 53.5 Å². The van der Waals surface area contributed by atoms with E-state index in [0.717, 1.165) is 17.7 Å². The summed E-state index contributed by atoms with van der Waals surface area (Å²) in [7, 11) is -8.02. The van der Waals surface area contributed by atoms with Gasteiger partial charge in [0.2, 0.25) is 54.1 Å². The lowest BCUT2D eigenvalue weighted by atomic mass is 9.71. The molecule has 0 saturated heterocycles. The van der Waals surface area contributed by atoms with Crippen LogP contribution in [0.3, 0.4) is 0 Å². The summed E-state index contributed by atoms with van der Waals surface area (Å²) in [6.07, 6.45) is -14.9. The molecule has 0 amide bonds. The highest BCUT2D eigenvalue weighted by molar-refractivity contribution is 7.91. The van der Waals surface area contributed by atoms with Crippen LogP contribution in [0.4, 0.5) is 61.5 Å². The molecule has 0 N–H and O–H groups in total. The van der Waals surface area contributed by atoms with Crippen molar-refractivity contribution in [1.29, 1.82) is 0 Å². The van der Waals surface area contributed by atoms with Gasteiger partial charge in [0.1, 0.15) is 5.75 Å². The number of alkyl halides is 6. The van der Waals surface area contributed by atoms with Crippen molar-refractivity contribution in [2.45, 2.75) is 44.3 Å².